The van der Waals surface area contributed by atoms with E-state index >= 15 is 0 Å². The second-order valence-electron chi connectivity index (χ2n) is 3.21. The maximum Gasteiger partial charge on any atom is 0.166 e. The van der Waals surface area contributed by atoms with Gasteiger partial charge < -0.3 is 0 Å². The van der Waals surface area contributed by atoms with Gasteiger partial charge in [0.1, 0.15) is 0 Å². The van der Waals surface area contributed by atoms with Crippen LogP contribution < -0.4 is 0 Å². The largest absolute Gasteiger partial charge is 0.294 e. The first-order valence-corrected chi connectivity index (χ1v) is 5.38. The molecule has 1 aromatic rings. The molecule has 2 heteroatoms. The van der Waals surface area contributed by atoms with Crippen molar-refractivity contribution in [2.45, 2.75) is 19.8 Å². The van der Waals surface area contributed by atoms with Gasteiger partial charge in [-0.25, -0.2) is 0 Å². The zero-order valence-corrected chi connectivity index (χ0v) is 9.80. The Morgan fingerprint density at radius 1 is 1.36 bits per heavy atom. The van der Waals surface area contributed by atoms with Crippen molar-refractivity contribution >= 4 is 21.7 Å². The van der Waals surface area contributed by atoms with E-state index in [2.05, 4.69) is 22.5 Å². The van der Waals surface area contributed by atoms with Crippen molar-refractivity contribution in [3.8, 4) is 0 Å². The van der Waals surface area contributed by atoms with Crippen LogP contribution in [0.5, 0.6) is 0 Å². The summed E-state index contributed by atoms with van der Waals surface area (Å²) in [4.78, 5) is 11.6. The van der Waals surface area contributed by atoms with Crippen molar-refractivity contribution in [1.82, 2.24) is 0 Å². The molecule has 0 aromatic heterocycles. The van der Waals surface area contributed by atoms with Crippen molar-refractivity contribution < 1.29 is 4.79 Å². The Hall–Kier alpha value is -0.890. The Morgan fingerprint density at radius 3 is 2.43 bits per heavy atom. The van der Waals surface area contributed by atoms with Crippen molar-refractivity contribution in [3.63, 3.8) is 0 Å². The number of allylic oxidation sites excluding steroid dienone is 1. The van der Waals surface area contributed by atoms with Gasteiger partial charge in [0.2, 0.25) is 0 Å². The summed E-state index contributed by atoms with van der Waals surface area (Å²) < 4.78 is 0.989. The second kappa shape index (κ2) is 5.11. The van der Waals surface area contributed by atoms with Crippen LogP contribution in [0, 0.1) is 0 Å². The predicted molar refractivity (Wildman–Crippen MR) is 62.5 cm³/mol. The lowest BCUT2D eigenvalue weighted by Gasteiger charge is -2.02. The molecule has 0 saturated heterocycles. The van der Waals surface area contributed by atoms with E-state index in [9.17, 15) is 4.79 Å². The third-order valence-electron chi connectivity index (χ3n) is 2.08. The van der Waals surface area contributed by atoms with Gasteiger partial charge in [0, 0.05) is 16.5 Å². The van der Waals surface area contributed by atoms with Crippen molar-refractivity contribution in [3.05, 3.63) is 46.5 Å². The summed E-state index contributed by atoms with van der Waals surface area (Å²) in [5.41, 5.74) is 1.74. The number of carbonyl (C=O) groups excluding carboxylic acids is 1. The predicted octanol–water partition coefficient (Wildman–Crippen LogP) is 3.99. The Labute approximate surface area is 93.0 Å². The molecule has 0 aliphatic carbocycles. The average Bonchev–Trinajstić information content (AvgIpc) is 2.18. The van der Waals surface area contributed by atoms with E-state index in [4.69, 9.17) is 0 Å². The molecule has 0 amide bonds. The number of benzene rings is 1. The lowest BCUT2D eigenvalue weighted by molar-refractivity contribution is 0.0992. The van der Waals surface area contributed by atoms with Gasteiger partial charge in [0.05, 0.1) is 0 Å². The molecule has 0 atom stereocenters. The standard InChI is InChI=1S/C12H13BrO/c1-3-9(2)8-12(14)10-4-6-11(13)7-5-10/h4-7H,2-3,8H2,1H3. The molecule has 1 nitrogen and oxygen atoms in total. The monoisotopic (exact) mass is 252 g/mol. The molecule has 74 valence electrons. The first-order valence-electron chi connectivity index (χ1n) is 4.59. The Kier molecular flexibility index (Phi) is 4.08. The van der Waals surface area contributed by atoms with E-state index in [-0.39, 0.29) is 5.78 Å². The number of halogens is 1. The van der Waals surface area contributed by atoms with Crippen LogP contribution in [0.25, 0.3) is 0 Å². The highest BCUT2D eigenvalue weighted by molar-refractivity contribution is 9.10. The molecule has 0 N–H and O–H groups in total. The topological polar surface area (TPSA) is 17.1 Å². The average molecular weight is 253 g/mol. The molecular formula is C12H13BrO. The fraction of sp³-hybridized carbons (Fsp3) is 0.250. The SMILES string of the molecule is C=C(CC)CC(=O)c1ccc(Br)cc1. The summed E-state index contributed by atoms with van der Waals surface area (Å²) in [7, 11) is 0. The summed E-state index contributed by atoms with van der Waals surface area (Å²) in [5.74, 6) is 0.143. The zero-order chi connectivity index (χ0) is 10.6. The molecule has 0 fully saturated rings. The van der Waals surface area contributed by atoms with Gasteiger partial charge in [-0.2, -0.15) is 0 Å². The number of rotatable bonds is 4. The van der Waals surface area contributed by atoms with Gasteiger partial charge in [0.15, 0.2) is 5.78 Å². The highest BCUT2D eigenvalue weighted by atomic mass is 79.9. The van der Waals surface area contributed by atoms with Crippen LogP contribution in [0.15, 0.2) is 40.9 Å². The fourth-order valence-corrected chi connectivity index (χ4v) is 1.35. The summed E-state index contributed by atoms with van der Waals surface area (Å²) in [6.45, 7) is 5.84. The summed E-state index contributed by atoms with van der Waals surface area (Å²) >= 11 is 3.33. The smallest absolute Gasteiger partial charge is 0.166 e. The molecular weight excluding hydrogens is 240 g/mol. The molecule has 1 aromatic carbocycles. The van der Waals surface area contributed by atoms with Crippen LogP contribution in [0.4, 0.5) is 0 Å². The number of hydrogen-bond donors (Lipinski definition) is 0. The minimum atomic E-state index is 0.143. The minimum Gasteiger partial charge on any atom is -0.294 e. The first kappa shape index (κ1) is 11.2. The van der Waals surface area contributed by atoms with E-state index in [0.717, 1.165) is 22.0 Å². The molecule has 0 aliphatic heterocycles. The summed E-state index contributed by atoms with van der Waals surface area (Å²) in [6.07, 6.45) is 1.32. The third-order valence-corrected chi connectivity index (χ3v) is 2.61. The van der Waals surface area contributed by atoms with E-state index < -0.39 is 0 Å². The third kappa shape index (κ3) is 3.11. The van der Waals surface area contributed by atoms with Gasteiger partial charge in [-0.15, -0.1) is 0 Å². The van der Waals surface area contributed by atoms with Gasteiger partial charge in [-0.1, -0.05) is 47.1 Å². The molecule has 14 heavy (non-hydrogen) atoms. The maximum absolute atomic E-state index is 11.6. The van der Waals surface area contributed by atoms with E-state index in [1.807, 2.05) is 31.2 Å². The van der Waals surface area contributed by atoms with Gasteiger partial charge >= 0.3 is 0 Å². The molecule has 0 aliphatic rings. The summed E-state index contributed by atoms with van der Waals surface area (Å²) in [5, 5.41) is 0. The second-order valence-corrected chi connectivity index (χ2v) is 4.13. The normalized spacial score (nSPS) is 9.86. The van der Waals surface area contributed by atoms with Crippen LogP contribution in [-0.4, -0.2) is 5.78 Å². The number of Topliss-reactive ketones (excluding diaryl/α,β-unsaturated/α-hetero) is 1. The van der Waals surface area contributed by atoms with E-state index in [0.29, 0.717) is 6.42 Å². The summed E-state index contributed by atoms with van der Waals surface area (Å²) in [6, 6.07) is 7.41. The molecule has 0 bridgehead atoms. The van der Waals surface area contributed by atoms with Crippen LogP contribution >= 0.6 is 15.9 Å². The zero-order valence-electron chi connectivity index (χ0n) is 8.22. The molecule has 0 saturated carbocycles. The quantitative estimate of drug-likeness (QED) is 0.585. The molecule has 0 radical (unpaired) electrons. The number of hydrogen-bond acceptors (Lipinski definition) is 1. The van der Waals surface area contributed by atoms with Gasteiger partial charge in [-0.05, 0) is 18.6 Å². The van der Waals surface area contributed by atoms with Crippen LogP contribution in [0.2, 0.25) is 0 Å². The van der Waals surface area contributed by atoms with E-state index in [1.165, 1.54) is 0 Å². The lowest BCUT2D eigenvalue weighted by Crippen LogP contribution is -1.99. The Bertz CT molecular complexity index is 338. The van der Waals surface area contributed by atoms with Crippen LogP contribution in [0.3, 0.4) is 0 Å². The first-order chi connectivity index (χ1) is 6.63. The van der Waals surface area contributed by atoms with Crippen molar-refractivity contribution in [2.24, 2.45) is 0 Å². The van der Waals surface area contributed by atoms with Crippen molar-refractivity contribution in [2.75, 3.05) is 0 Å². The minimum absolute atomic E-state index is 0.143. The van der Waals surface area contributed by atoms with Crippen LogP contribution in [0.1, 0.15) is 30.1 Å². The van der Waals surface area contributed by atoms with E-state index in [1.54, 1.807) is 0 Å². The highest BCUT2D eigenvalue weighted by Crippen LogP contribution is 2.14. The lowest BCUT2D eigenvalue weighted by atomic mass is 10.0. The van der Waals surface area contributed by atoms with Gasteiger partial charge in [-0.3, -0.25) is 4.79 Å². The Morgan fingerprint density at radius 2 is 1.93 bits per heavy atom. The molecule has 0 spiro atoms. The maximum atomic E-state index is 11.6. The number of ketones is 1. The van der Waals surface area contributed by atoms with Crippen molar-refractivity contribution in [1.29, 1.82) is 0 Å². The molecule has 0 unspecified atom stereocenters. The Balaban J connectivity index is 2.70. The van der Waals surface area contributed by atoms with Crippen LogP contribution in [-0.2, 0) is 0 Å². The van der Waals surface area contributed by atoms with Gasteiger partial charge in [0.25, 0.3) is 0 Å². The highest BCUT2D eigenvalue weighted by Gasteiger charge is 2.06. The number of carbonyl (C=O) groups is 1. The fourth-order valence-electron chi connectivity index (χ4n) is 1.09. The molecule has 0 heterocycles. The molecule has 1 rings (SSSR count).